The number of non-ortho nitro benzene ring substituents is 1. The molecule has 0 saturated heterocycles. The topological polar surface area (TPSA) is 80.5 Å². The summed E-state index contributed by atoms with van der Waals surface area (Å²) >= 11 is 6.20. The highest BCUT2D eigenvalue weighted by atomic mass is 35.5. The highest BCUT2D eigenvalue weighted by molar-refractivity contribution is 6.29. The molecule has 0 fully saturated rings. The number of nitrogens with one attached hydrogen (secondary N) is 1. The van der Waals surface area contributed by atoms with E-state index in [9.17, 15) is 10.1 Å². The quantitative estimate of drug-likeness (QED) is 0.455. The first-order valence-corrected chi connectivity index (χ1v) is 9.68. The number of aromatic nitrogens is 1. The Bertz CT molecular complexity index is 1070. The van der Waals surface area contributed by atoms with Crippen molar-refractivity contribution in [2.75, 3.05) is 0 Å². The van der Waals surface area contributed by atoms with Crippen LogP contribution in [0.4, 0.5) is 5.69 Å². The van der Waals surface area contributed by atoms with Crippen molar-refractivity contribution in [1.82, 2.24) is 4.98 Å². The van der Waals surface area contributed by atoms with Gasteiger partial charge in [0.2, 0.25) is 0 Å². The lowest BCUT2D eigenvalue weighted by molar-refractivity contribution is -0.385. The molecule has 0 saturated carbocycles. The van der Waals surface area contributed by atoms with Crippen molar-refractivity contribution in [3.8, 4) is 5.75 Å². The number of halogens is 1. The molecule has 1 aliphatic heterocycles. The number of nitro groups is 1. The molecular formula is C22H20ClN3O3. The van der Waals surface area contributed by atoms with Crippen LogP contribution in [-0.4, -0.2) is 22.2 Å². The van der Waals surface area contributed by atoms with Crippen molar-refractivity contribution >= 4 is 23.5 Å². The average molecular weight is 410 g/mol. The summed E-state index contributed by atoms with van der Waals surface area (Å²) in [7, 11) is 0. The fourth-order valence-corrected chi connectivity index (χ4v) is 3.97. The maximum Gasteiger partial charge on any atom is 0.270 e. The zero-order valence-electron chi connectivity index (χ0n) is 16.1. The monoisotopic (exact) mass is 409 g/mol. The number of fused-ring (bicyclic) bond motifs is 1. The maximum absolute atomic E-state index is 11.2. The predicted octanol–water partition coefficient (Wildman–Crippen LogP) is 5.36. The van der Waals surface area contributed by atoms with E-state index in [4.69, 9.17) is 21.3 Å². The molecule has 6 nitrogen and oxygen atoms in total. The largest absolute Gasteiger partial charge is 0.483 e. The normalized spacial score (nSPS) is 17.8. The molecule has 0 aliphatic carbocycles. The summed E-state index contributed by atoms with van der Waals surface area (Å²) in [4.78, 5) is 18.6. The van der Waals surface area contributed by atoms with Crippen molar-refractivity contribution < 1.29 is 9.66 Å². The lowest BCUT2D eigenvalue weighted by atomic mass is 9.94. The minimum absolute atomic E-state index is 0.0558. The Hall–Kier alpha value is -3.12. The lowest BCUT2D eigenvalue weighted by Crippen LogP contribution is -2.28. The van der Waals surface area contributed by atoms with Crippen LogP contribution in [0.5, 0.6) is 5.75 Å². The van der Waals surface area contributed by atoms with Gasteiger partial charge in [0, 0.05) is 23.9 Å². The van der Waals surface area contributed by atoms with Gasteiger partial charge in [-0.05, 0) is 43.0 Å². The molecule has 0 amide bonds. The van der Waals surface area contributed by atoms with Gasteiger partial charge in [-0.1, -0.05) is 41.9 Å². The van der Waals surface area contributed by atoms with E-state index in [2.05, 4.69) is 17.1 Å². The number of hydrogen-bond acceptors (Lipinski definition) is 4. The fraction of sp³-hybridized carbons (Fsp3) is 0.227. The third-order valence-electron chi connectivity index (χ3n) is 5.09. The van der Waals surface area contributed by atoms with E-state index < -0.39 is 4.92 Å². The number of aliphatic imine (C=N–C) groups is 1. The molecule has 3 aromatic rings. The van der Waals surface area contributed by atoms with Gasteiger partial charge in [0.05, 0.1) is 16.7 Å². The summed E-state index contributed by atoms with van der Waals surface area (Å²) in [6.45, 7) is 3.64. The Labute approximate surface area is 173 Å². The average Bonchev–Trinajstić information content (AvgIpc) is 3.07. The van der Waals surface area contributed by atoms with Crippen LogP contribution < -0.4 is 4.74 Å². The molecule has 2 aromatic carbocycles. The van der Waals surface area contributed by atoms with Gasteiger partial charge in [0.25, 0.3) is 5.69 Å². The molecule has 0 bridgehead atoms. The fourth-order valence-electron chi connectivity index (χ4n) is 3.75. The second-order valence-electron chi connectivity index (χ2n) is 7.23. The van der Waals surface area contributed by atoms with Gasteiger partial charge in [0.1, 0.15) is 17.0 Å². The SMILES string of the molecule is Cc1cc([N+](=O)[O-])cc(C)c1OC1c2cc(Cl)[nH]c2C=NC1Cc1ccccc1. The van der Waals surface area contributed by atoms with E-state index in [1.807, 2.05) is 38.1 Å². The smallest absolute Gasteiger partial charge is 0.270 e. The van der Waals surface area contributed by atoms with Crippen LogP contribution in [0.2, 0.25) is 5.15 Å². The molecule has 4 rings (SSSR count). The van der Waals surface area contributed by atoms with E-state index >= 15 is 0 Å². The van der Waals surface area contributed by atoms with Crippen molar-refractivity contribution in [3.63, 3.8) is 0 Å². The first-order chi connectivity index (χ1) is 13.9. The molecule has 1 aromatic heterocycles. The third-order valence-corrected chi connectivity index (χ3v) is 5.29. The molecule has 0 spiro atoms. The summed E-state index contributed by atoms with van der Waals surface area (Å²) in [5, 5.41) is 11.7. The van der Waals surface area contributed by atoms with Gasteiger partial charge < -0.3 is 9.72 Å². The number of nitro benzene ring substituents is 1. The number of ether oxygens (including phenoxy) is 1. The van der Waals surface area contributed by atoms with Gasteiger partial charge in [-0.15, -0.1) is 0 Å². The minimum atomic E-state index is -0.392. The Morgan fingerprint density at radius 3 is 2.52 bits per heavy atom. The molecule has 2 atom stereocenters. The third kappa shape index (κ3) is 3.89. The molecule has 1 N–H and O–H groups in total. The minimum Gasteiger partial charge on any atom is -0.483 e. The first kappa shape index (κ1) is 19.2. The van der Waals surface area contributed by atoms with Crippen LogP contribution in [0.3, 0.4) is 0 Å². The maximum atomic E-state index is 11.2. The van der Waals surface area contributed by atoms with E-state index in [1.54, 1.807) is 6.21 Å². The standard InChI is InChI=1S/C22H20ClN3O3/c1-13-8-16(26(27)28)9-14(2)21(13)29-22-17-11-20(23)25-19(17)12-24-18(22)10-15-6-4-3-5-7-15/h3-9,11-12,18,22,25H,10H2,1-2H3. The molecule has 1 aliphatic rings. The van der Waals surface area contributed by atoms with Crippen molar-refractivity contribution in [2.24, 2.45) is 4.99 Å². The number of H-pyrrole nitrogens is 1. The van der Waals surface area contributed by atoms with Crippen LogP contribution in [0.25, 0.3) is 0 Å². The molecule has 148 valence electrons. The predicted molar refractivity (Wildman–Crippen MR) is 113 cm³/mol. The number of benzene rings is 2. The highest BCUT2D eigenvalue weighted by Crippen LogP contribution is 2.38. The Morgan fingerprint density at radius 2 is 1.86 bits per heavy atom. The van der Waals surface area contributed by atoms with E-state index in [1.165, 1.54) is 12.1 Å². The zero-order valence-corrected chi connectivity index (χ0v) is 16.8. The van der Waals surface area contributed by atoms with Gasteiger partial charge >= 0.3 is 0 Å². The summed E-state index contributed by atoms with van der Waals surface area (Å²) in [5.41, 5.74) is 4.40. The number of aromatic amines is 1. The number of nitrogens with zero attached hydrogens (tertiary/aromatic N) is 2. The van der Waals surface area contributed by atoms with Crippen LogP contribution in [0.15, 0.2) is 53.5 Å². The Balaban J connectivity index is 1.71. The molecule has 2 unspecified atom stereocenters. The van der Waals surface area contributed by atoms with E-state index in [0.717, 1.165) is 16.8 Å². The number of aryl methyl sites for hydroxylation is 2. The second kappa shape index (κ2) is 7.72. The van der Waals surface area contributed by atoms with Gasteiger partial charge in [-0.25, -0.2) is 0 Å². The summed E-state index contributed by atoms with van der Waals surface area (Å²) in [6.07, 6.45) is 2.14. The number of hydrogen-bond donors (Lipinski definition) is 1. The van der Waals surface area contributed by atoms with Gasteiger partial charge in [-0.2, -0.15) is 0 Å². The lowest BCUT2D eigenvalue weighted by Gasteiger charge is -2.29. The highest BCUT2D eigenvalue weighted by Gasteiger charge is 2.32. The van der Waals surface area contributed by atoms with Crippen LogP contribution in [-0.2, 0) is 6.42 Å². The number of rotatable bonds is 5. The molecule has 0 radical (unpaired) electrons. The Kier molecular flexibility index (Phi) is 5.11. The molecular weight excluding hydrogens is 390 g/mol. The van der Waals surface area contributed by atoms with E-state index in [-0.39, 0.29) is 17.8 Å². The summed E-state index contributed by atoms with van der Waals surface area (Å²) in [6, 6.07) is 14.9. The second-order valence-corrected chi connectivity index (χ2v) is 7.63. The Morgan fingerprint density at radius 1 is 1.17 bits per heavy atom. The van der Waals surface area contributed by atoms with Crippen molar-refractivity contribution in [1.29, 1.82) is 0 Å². The van der Waals surface area contributed by atoms with Gasteiger partial charge in [-0.3, -0.25) is 15.1 Å². The van der Waals surface area contributed by atoms with Crippen LogP contribution in [0.1, 0.15) is 34.1 Å². The summed E-state index contributed by atoms with van der Waals surface area (Å²) in [5.74, 6) is 0.638. The van der Waals surface area contributed by atoms with Crippen LogP contribution >= 0.6 is 11.6 Å². The summed E-state index contributed by atoms with van der Waals surface area (Å²) < 4.78 is 6.46. The molecule has 2 heterocycles. The molecule has 7 heteroatoms. The van der Waals surface area contributed by atoms with E-state index in [0.29, 0.717) is 28.5 Å². The first-order valence-electron chi connectivity index (χ1n) is 9.30. The molecule has 29 heavy (non-hydrogen) atoms. The van der Waals surface area contributed by atoms with Gasteiger partial charge in [0.15, 0.2) is 0 Å². The zero-order chi connectivity index (χ0) is 20.5. The van der Waals surface area contributed by atoms with Crippen LogP contribution in [0, 0.1) is 24.0 Å². The van der Waals surface area contributed by atoms with Crippen molar-refractivity contribution in [2.45, 2.75) is 32.4 Å². The van der Waals surface area contributed by atoms with Crippen molar-refractivity contribution in [3.05, 3.63) is 91.7 Å².